The Balaban J connectivity index is 2.79. The van der Waals surface area contributed by atoms with Crippen LogP contribution in [-0.2, 0) is 6.42 Å². The highest BCUT2D eigenvalue weighted by molar-refractivity contribution is 5.49. The molecule has 5 heteroatoms. The summed E-state index contributed by atoms with van der Waals surface area (Å²) in [5.41, 5.74) is 0. The lowest BCUT2D eigenvalue weighted by atomic mass is 10.3. The van der Waals surface area contributed by atoms with Gasteiger partial charge in [0.2, 0.25) is 0 Å². The van der Waals surface area contributed by atoms with Crippen molar-refractivity contribution in [1.29, 1.82) is 0 Å². The van der Waals surface area contributed by atoms with Crippen molar-refractivity contribution in [3.05, 3.63) is 11.9 Å². The third kappa shape index (κ3) is 5.42. The van der Waals surface area contributed by atoms with Crippen LogP contribution in [0.3, 0.4) is 0 Å². The Morgan fingerprint density at radius 1 is 1.37 bits per heavy atom. The van der Waals surface area contributed by atoms with Crippen LogP contribution in [0.4, 0.5) is 11.6 Å². The summed E-state index contributed by atoms with van der Waals surface area (Å²) >= 11 is 0. The number of nitrogens with one attached hydrogen (secondary N) is 1. The Morgan fingerprint density at radius 3 is 2.68 bits per heavy atom. The van der Waals surface area contributed by atoms with Crippen LogP contribution < -0.4 is 10.2 Å². The van der Waals surface area contributed by atoms with Gasteiger partial charge in [-0.2, -0.15) is 0 Å². The molecule has 0 aliphatic carbocycles. The maximum absolute atomic E-state index is 9.35. The van der Waals surface area contributed by atoms with Gasteiger partial charge in [-0.3, -0.25) is 0 Å². The Kier molecular flexibility index (Phi) is 6.56. The number of rotatable bonds is 8. The van der Waals surface area contributed by atoms with Gasteiger partial charge in [0.05, 0.1) is 6.10 Å². The molecule has 1 aromatic rings. The van der Waals surface area contributed by atoms with Crippen molar-refractivity contribution in [2.45, 2.75) is 46.1 Å². The molecule has 0 aliphatic rings. The van der Waals surface area contributed by atoms with Crippen LogP contribution in [0, 0.1) is 0 Å². The van der Waals surface area contributed by atoms with E-state index in [4.69, 9.17) is 0 Å². The smallest absolute Gasteiger partial charge is 0.134 e. The zero-order valence-electron chi connectivity index (χ0n) is 12.5. The Morgan fingerprint density at radius 2 is 2.11 bits per heavy atom. The molecule has 1 unspecified atom stereocenters. The monoisotopic (exact) mass is 266 g/mol. The van der Waals surface area contributed by atoms with E-state index >= 15 is 0 Å². The highest BCUT2D eigenvalue weighted by Crippen LogP contribution is 2.16. The summed E-state index contributed by atoms with van der Waals surface area (Å²) in [4.78, 5) is 11.1. The molecule has 0 spiro atoms. The lowest BCUT2D eigenvalue weighted by Crippen LogP contribution is -2.23. The number of aromatic nitrogens is 2. The SMILES string of the molecule is CCCNc1cc(N(C)CCC(C)O)nc(CC)n1. The molecule has 0 fully saturated rings. The molecule has 5 nitrogen and oxygen atoms in total. The number of hydrogen-bond donors (Lipinski definition) is 2. The number of anilines is 2. The molecule has 0 amide bonds. The maximum atomic E-state index is 9.35. The van der Waals surface area contributed by atoms with Gasteiger partial charge in [-0.05, 0) is 19.8 Å². The minimum Gasteiger partial charge on any atom is -0.393 e. The molecule has 2 N–H and O–H groups in total. The molecule has 0 aromatic carbocycles. The second-order valence-electron chi connectivity index (χ2n) is 4.87. The Labute approximate surface area is 116 Å². The predicted molar refractivity (Wildman–Crippen MR) is 79.8 cm³/mol. The van der Waals surface area contributed by atoms with Crippen molar-refractivity contribution in [2.75, 3.05) is 30.4 Å². The van der Waals surface area contributed by atoms with Gasteiger partial charge < -0.3 is 15.3 Å². The van der Waals surface area contributed by atoms with Crippen molar-refractivity contribution in [1.82, 2.24) is 9.97 Å². The fourth-order valence-electron chi connectivity index (χ4n) is 1.68. The standard InChI is InChI=1S/C14H26N4O/c1-5-8-15-13-10-14(17-12(6-2)16-13)18(4)9-7-11(3)19/h10-11,19H,5-9H2,1-4H3,(H,15,16,17). The highest BCUT2D eigenvalue weighted by Gasteiger charge is 2.08. The number of nitrogens with zero attached hydrogens (tertiary/aromatic N) is 3. The molecule has 108 valence electrons. The van der Waals surface area contributed by atoms with E-state index in [2.05, 4.69) is 34.0 Å². The molecule has 0 saturated carbocycles. The van der Waals surface area contributed by atoms with Gasteiger partial charge in [0.15, 0.2) is 0 Å². The number of hydrogen-bond acceptors (Lipinski definition) is 5. The van der Waals surface area contributed by atoms with Crippen LogP contribution in [0.1, 0.15) is 39.4 Å². The summed E-state index contributed by atoms with van der Waals surface area (Å²) in [6.07, 6.45) is 2.34. The van der Waals surface area contributed by atoms with Crippen molar-refractivity contribution in [3.63, 3.8) is 0 Å². The molecule has 0 bridgehead atoms. The van der Waals surface area contributed by atoms with Gasteiger partial charge in [0.25, 0.3) is 0 Å². The van der Waals surface area contributed by atoms with Crippen molar-refractivity contribution in [3.8, 4) is 0 Å². The van der Waals surface area contributed by atoms with E-state index in [9.17, 15) is 5.11 Å². The number of aliphatic hydroxyl groups excluding tert-OH is 1. The average Bonchev–Trinajstić information content (AvgIpc) is 2.41. The first-order chi connectivity index (χ1) is 9.06. The van der Waals surface area contributed by atoms with Crippen molar-refractivity contribution in [2.24, 2.45) is 0 Å². The van der Waals surface area contributed by atoms with Crippen LogP contribution in [0.25, 0.3) is 0 Å². The average molecular weight is 266 g/mol. The summed E-state index contributed by atoms with van der Waals surface area (Å²) < 4.78 is 0. The Bertz CT molecular complexity index is 382. The summed E-state index contributed by atoms with van der Waals surface area (Å²) in [6.45, 7) is 7.69. The van der Waals surface area contributed by atoms with E-state index in [1.54, 1.807) is 6.92 Å². The van der Waals surface area contributed by atoms with Gasteiger partial charge in [-0.15, -0.1) is 0 Å². The van der Waals surface area contributed by atoms with E-state index in [-0.39, 0.29) is 6.10 Å². The second kappa shape index (κ2) is 7.94. The topological polar surface area (TPSA) is 61.3 Å². The third-order valence-electron chi connectivity index (χ3n) is 2.90. The molecule has 1 atom stereocenters. The predicted octanol–water partition coefficient (Wildman–Crippen LogP) is 2.07. The van der Waals surface area contributed by atoms with Gasteiger partial charge in [-0.25, -0.2) is 9.97 Å². The van der Waals surface area contributed by atoms with Crippen molar-refractivity contribution >= 4 is 11.6 Å². The van der Waals surface area contributed by atoms with Crippen LogP contribution >= 0.6 is 0 Å². The molecule has 0 saturated heterocycles. The normalized spacial score (nSPS) is 12.3. The molecule has 1 aromatic heterocycles. The van der Waals surface area contributed by atoms with Crippen LogP contribution in [0.2, 0.25) is 0 Å². The minimum absolute atomic E-state index is 0.285. The molecule has 1 heterocycles. The van der Waals surface area contributed by atoms with Crippen LogP contribution in [-0.4, -0.2) is 41.3 Å². The molecular formula is C14H26N4O. The van der Waals surface area contributed by atoms with Gasteiger partial charge >= 0.3 is 0 Å². The summed E-state index contributed by atoms with van der Waals surface area (Å²) in [5, 5.41) is 12.6. The van der Waals surface area contributed by atoms with E-state index in [0.29, 0.717) is 0 Å². The molecular weight excluding hydrogens is 240 g/mol. The van der Waals surface area contributed by atoms with Gasteiger partial charge in [-0.1, -0.05) is 13.8 Å². The maximum Gasteiger partial charge on any atom is 0.134 e. The molecule has 0 aliphatic heterocycles. The second-order valence-corrected chi connectivity index (χ2v) is 4.87. The highest BCUT2D eigenvalue weighted by atomic mass is 16.3. The lowest BCUT2D eigenvalue weighted by molar-refractivity contribution is 0.187. The van der Waals surface area contributed by atoms with Gasteiger partial charge in [0.1, 0.15) is 17.5 Å². The Hall–Kier alpha value is -1.36. The van der Waals surface area contributed by atoms with E-state index in [1.807, 2.05) is 13.1 Å². The molecule has 0 radical (unpaired) electrons. The van der Waals surface area contributed by atoms with Crippen molar-refractivity contribution < 1.29 is 5.11 Å². The summed E-state index contributed by atoms with van der Waals surface area (Å²) in [7, 11) is 1.99. The van der Waals surface area contributed by atoms with Crippen LogP contribution in [0.15, 0.2) is 6.07 Å². The third-order valence-corrected chi connectivity index (χ3v) is 2.90. The number of aliphatic hydroxyl groups is 1. The summed E-state index contributed by atoms with van der Waals surface area (Å²) in [6, 6.07) is 1.97. The quantitative estimate of drug-likeness (QED) is 0.754. The minimum atomic E-state index is -0.285. The van der Waals surface area contributed by atoms with Crippen LogP contribution in [0.5, 0.6) is 0 Å². The van der Waals surface area contributed by atoms with E-state index < -0.39 is 0 Å². The zero-order chi connectivity index (χ0) is 14.3. The molecule has 1 rings (SSSR count). The lowest BCUT2D eigenvalue weighted by Gasteiger charge is -2.20. The largest absolute Gasteiger partial charge is 0.393 e. The fourth-order valence-corrected chi connectivity index (χ4v) is 1.68. The number of aryl methyl sites for hydroxylation is 1. The van der Waals surface area contributed by atoms with E-state index in [0.717, 1.165) is 49.8 Å². The van der Waals surface area contributed by atoms with Gasteiger partial charge in [0, 0.05) is 32.6 Å². The summed E-state index contributed by atoms with van der Waals surface area (Å²) in [5.74, 6) is 2.64. The first-order valence-electron chi connectivity index (χ1n) is 7.07. The first-order valence-corrected chi connectivity index (χ1v) is 7.07. The first kappa shape index (κ1) is 15.7. The fraction of sp³-hybridized carbons (Fsp3) is 0.714. The van der Waals surface area contributed by atoms with E-state index in [1.165, 1.54) is 0 Å². The zero-order valence-corrected chi connectivity index (χ0v) is 12.5. The molecule has 19 heavy (non-hydrogen) atoms.